The average Bonchev–Trinajstić information content (AvgIpc) is 2.67. The molecule has 1 amide bonds. The van der Waals surface area contributed by atoms with Crippen LogP contribution in [0.5, 0.6) is 11.5 Å². The fourth-order valence-electron chi connectivity index (χ4n) is 2.50. The van der Waals surface area contributed by atoms with Gasteiger partial charge in [0.2, 0.25) is 0 Å². The number of rotatable bonds is 9. The summed E-state index contributed by atoms with van der Waals surface area (Å²) in [7, 11) is 5.71. The molecule has 0 aliphatic carbocycles. The minimum Gasteiger partial charge on any atom is -0.490 e. The van der Waals surface area contributed by atoms with Crippen LogP contribution in [0.3, 0.4) is 0 Å². The molecule has 0 N–H and O–H groups in total. The van der Waals surface area contributed by atoms with Crippen LogP contribution in [0.1, 0.15) is 22.8 Å². The monoisotopic (exact) mass is 370 g/mol. The maximum absolute atomic E-state index is 12.4. The van der Waals surface area contributed by atoms with Gasteiger partial charge in [0.05, 0.1) is 6.61 Å². The van der Waals surface area contributed by atoms with Gasteiger partial charge in [-0.2, -0.15) is 0 Å². The van der Waals surface area contributed by atoms with E-state index in [-0.39, 0.29) is 12.5 Å². The van der Waals surface area contributed by atoms with E-state index in [1.165, 1.54) is 0 Å². The molecule has 6 nitrogen and oxygen atoms in total. The van der Waals surface area contributed by atoms with Crippen molar-refractivity contribution in [3.8, 4) is 11.5 Å². The Kier molecular flexibility index (Phi) is 7.23. The van der Waals surface area contributed by atoms with Crippen LogP contribution in [-0.2, 0) is 11.3 Å². The lowest BCUT2D eigenvalue weighted by molar-refractivity contribution is -0.132. The number of nitrogens with zero attached hydrogens (tertiary/aromatic N) is 2. The number of carbonyl (C=O) groups is 2. The fourth-order valence-corrected chi connectivity index (χ4v) is 2.50. The first-order valence-electron chi connectivity index (χ1n) is 8.79. The third-order valence-corrected chi connectivity index (χ3v) is 4.05. The van der Waals surface area contributed by atoms with Gasteiger partial charge < -0.3 is 19.3 Å². The molecular weight excluding hydrogens is 344 g/mol. The maximum atomic E-state index is 12.4. The standard InChI is InChI=1S/C21H26N2O4/c1-5-26-20-12-17(14-24)8-11-19(20)27-15-21(25)23(4)13-16-6-9-18(10-7-16)22(2)3/h6-12,14H,5,13,15H2,1-4H3. The minimum absolute atomic E-state index is 0.104. The van der Waals surface area contributed by atoms with Gasteiger partial charge in [-0.3, -0.25) is 9.59 Å². The summed E-state index contributed by atoms with van der Waals surface area (Å²) >= 11 is 0. The molecule has 0 aliphatic heterocycles. The predicted molar refractivity (Wildman–Crippen MR) is 106 cm³/mol. The molecule has 0 spiro atoms. The van der Waals surface area contributed by atoms with E-state index in [4.69, 9.17) is 9.47 Å². The average molecular weight is 370 g/mol. The summed E-state index contributed by atoms with van der Waals surface area (Å²) in [5.41, 5.74) is 2.65. The van der Waals surface area contributed by atoms with E-state index in [9.17, 15) is 9.59 Å². The van der Waals surface area contributed by atoms with Crippen molar-refractivity contribution < 1.29 is 19.1 Å². The van der Waals surface area contributed by atoms with Crippen molar-refractivity contribution in [2.45, 2.75) is 13.5 Å². The van der Waals surface area contributed by atoms with Gasteiger partial charge in [-0.25, -0.2) is 0 Å². The van der Waals surface area contributed by atoms with Gasteiger partial charge in [-0.05, 0) is 42.8 Å². The van der Waals surface area contributed by atoms with E-state index in [1.807, 2.05) is 50.2 Å². The van der Waals surface area contributed by atoms with E-state index in [1.54, 1.807) is 30.1 Å². The summed E-state index contributed by atoms with van der Waals surface area (Å²) in [6.45, 7) is 2.68. The summed E-state index contributed by atoms with van der Waals surface area (Å²) < 4.78 is 11.1. The first-order chi connectivity index (χ1) is 12.9. The van der Waals surface area contributed by atoms with E-state index >= 15 is 0 Å². The first-order valence-corrected chi connectivity index (χ1v) is 8.79. The SMILES string of the molecule is CCOc1cc(C=O)ccc1OCC(=O)N(C)Cc1ccc(N(C)C)cc1. The summed E-state index contributed by atoms with van der Waals surface area (Å²) in [6, 6.07) is 12.9. The highest BCUT2D eigenvalue weighted by Gasteiger charge is 2.13. The predicted octanol–water partition coefficient (Wildman–Crippen LogP) is 3.00. The highest BCUT2D eigenvalue weighted by molar-refractivity contribution is 5.78. The molecule has 0 radical (unpaired) electrons. The number of likely N-dealkylation sites (N-methyl/N-ethyl adjacent to an activating group) is 1. The Labute approximate surface area is 160 Å². The molecule has 2 aromatic carbocycles. The van der Waals surface area contributed by atoms with Crippen molar-refractivity contribution in [3.63, 3.8) is 0 Å². The largest absolute Gasteiger partial charge is 0.490 e. The molecule has 0 atom stereocenters. The van der Waals surface area contributed by atoms with Crippen LogP contribution < -0.4 is 14.4 Å². The van der Waals surface area contributed by atoms with Crippen LogP contribution in [0.25, 0.3) is 0 Å². The van der Waals surface area contributed by atoms with E-state index < -0.39 is 0 Å². The van der Waals surface area contributed by atoms with Crippen molar-refractivity contribution in [2.24, 2.45) is 0 Å². The molecule has 6 heteroatoms. The second-order valence-electron chi connectivity index (χ2n) is 6.36. The van der Waals surface area contributed by atoms with Crippen LogP contribution in [-0.4, -0.2) is 51.5 Å². The smallest absolute Gasteiger partial charge is 0.260 e. The third-order valence-electron chi connectivity index (χ3n) is 4.05. The van der Waals surface area contributed by atoms with Gasteiger partial charge in [0.15, 0.2) is 18.1 Å². The van der Waals surface area contributed by atoms with Crippen molar-refractivity contribution in [2.75, 3.05) is 39.3 Å². The number of aldehydes is 1. The summed E-state index contributed by atoms with van der Waals surface area (Å²) in [4.78, 5) is 26.9. The van der Waals surface area contributed by atoms with E-state index in [0.29, 0.717) is 30.2 Å². The number of amides is 1. The zero-order valence-electron chi connectivity index (χ0n) is 16.3. The van der Waals surface area contributed by atoms with Crippen LogP contribution in [0.2, 0.25) is 0 Å². The van der Waals surface area contributed by atoms with Crippen LogP contribution in [0, 0.1) is 0 Å². The quantitative estimate of drug-likeness (QED) is 0.635. The summed E-state index contributed by atoms with van der Waals surface area (Å²) in [6.07, 6.45) is 0.743. The highest BCUT2D eigenvalue weighted by Crippen LogP contribution is 2.28. The van der Waals surface area contributed by atoms with Gasteiger partial charge in [-0.15, -0.1) is 0 Å². The lowest BCUT2D eigenvalue weighted by atomic mass is 10.2. The van der Waals surface area contributed by atoms with E-state index in [0.717, 1.165) is 17.5 Å². The molecule has 0 fully saturated rings. The third kappa shape index (κ3) is 5.74. The Morgan fingerprint density at radius 2 is 1.70 bits per heavy atom. The van der Waals surface area contributed by atoms with Gasteiger partial charge in [0.1, 0.15) is 6.29 Å². The Morgan fingerprint density at radius 3 is 2.30 bits per heavy atom. The molecular formula is C21H26N2O4. The number of benzene rings is 2. The van der Waals surface area contributed by atoms with Gasteiger partial charge in [0, 0.05) is 38.9 Å². The second-order valence-corrected chi connectivity index (χ2v) is 6.36. The summed E-state index contributed by atoms with van der Waals surface area (Å²) in [5.74, 6) is 0.755. The number of hydrogen-bond donors (Lipinski definition) is 0. The van der Waals surface area contributed by atoms with E-state index in [2.05, 4.69) is 0 Å². The molecule has 2 aromatic rings. The summed E-state index contributed by atoms with van der Waals surface area (Å²) in [5, 5.41) is 0. The van der Waals surface area contributed by atoms with Crippen molar-refractivity contribution in [3.05, 3.63) is 53.6 Å². The van der Waals surface area contributed by atoms with Gasteiger partial charge in [-0.1, -0.05) is 12.1 Å². The highest BCUT2D eigenvalue weighted by atomic mass is 16.5. The lowest BCUT2D eigenvalue weighted by Gasteiger charge is -2.19. The Morgan fingerprint density at radius 1 is 1.00 bits per heavy atom. The van der Waals surface area contributed by atoms with Gasteiger partial charge >= 0.3 is 0 Å². The molecule has 144 valence electrons. The molecule has 0 aliphatic rings. The topological polar surface area (TPSA) is 59.1 Å². The molecule has 0 heterocycles. The number of ether oxygens (including phenoxy) is 2. The zero-order valence-corrected chi connectivity index (χ0v) is 16.3. The Bertz CT molecular complexity index is 772. The van der Waals surface area contributed by atoms with Crippen molar-refractivity contribution in [1.29, 1.82) is 0 Å². The maximum Gasteiger partial charge on any atom is 0.260 e. The fraction of sp³-hybridized carbons (Fsp3) is 0.333. The normalized spacial score (nSPS) is 10.2. The molecule has 0 saturated heterocycles. The molecule has 0 bridgehead atoms. The van der Waals surface area contributed by atoms with Gasteiger partial charge in [0.25, 0.3) is 5.91 Å². The molecule has 0 aromatic heterocycles. The Balaban J connectivity index is 1.95. The van der Waals surface area contributed by atoms with Crippen LogP contribution in [0.4, 0.5) is 5.69 Å². The van der Waals surface area contributed by atoms with Crippen LogP contribution >= 0.6 is 0 Å². The number of hydrogen-bond acceptors (Lipinski definition) is 5. The zero-order chi connectivity index (χ0) is 19.8. The Hall–Kier alpha value is -3.02. The number of carbonyl (C=O) groups excluding carboxylic acids is 2. The molecule has 2 rings (SSSR count). The molecule has 0 unspecified atom stereocenters. The second kappa shape index (κ2) is 9.62. The lowest BCUT2D eigenvalue weighted by Crippen LogP contribution is -2.31. The first kappa shape index (κ1) is 20.3. The molecule has 27 heavy (non-hydrogen) atoms. The minimum atomic E-state index is -0.145. The molecule has 0 saturated carbocycles. The number of anilines is 1. The van der Waals surface area contributed by atoms with Crippen molar-refractivity contribution >= 4 is 17.9 Å². The van der Waals surface area contributed by atoms with Crippen molar-refractivity contribution in [1.82, 2.24) is 4.90 Å². The van der Waals surface area contributed by atoms with Crippen LogP contribution in [0.15, 0.2) is 42.5 Å².